The van der Waals surface area contributed by atoms with Gasteiger partial charge in [-0.2, -0.15) is 8.42 Å². The number of rotatable bonds is 10. The lowest BCUT2D eigenvalue weighted by Gasteiger charge is -2.34. The number of hydrogen-bond acceptors (Lipinski definition) is 8. The van der Waals surface area contributed by atoms with E-state index in [1.54, 1.807) is 73.1 Å². The molecule has 0 unspecified atom stereocenters. The maximum Gasteiger partial charge on any atom is 0.295 e. The van der Waals surface area contributed by atoms with Crippen molar-refractivity contribution in [3.8, 4) is 5.75 Å². The smallest absolute Gasteiger partial charge is 0.295 e. The number of nitrogens with one attached hydrogen (secondary N) is 1. The summed E-state index contributed by atoms with van der Waals surface area (Å²) in [6.07, 6.45) is 3.48. The van der Waals surface area contributed by atoms with Crippen LogP contribution >= 0.6 is 15.9 Å². The van der Waals surface area contributed by atoms with Gasteiger partial charge in [0.15, 0.2) is 5.75 Å². The number of halogens is 1. The van der Waals surface area contributed by atoms with Gasteiger partial charge in [-0.05, 0) is 66.7 Å². The average Bonchev–Trinajstić information content (AvgIpc) is 3.02. The lowest BCUT2D eigenvalue weighted by atomic mass is 10.2. The highest BCUT2D eigenvalue weighted by atomic mass is 79.9. The van der Waals surface area contributed by atoms with Crippen molar-refractivity contribution in [1.82, 2.24) is 20.2 Å². The quantitative estimate of drug-likeness (QED) is 0.261. The van der Waals surface area contributed by atoms with Crippen LogP contribution < -0.4 is 19.5 Å². The van der Waals surface area contributed by atoms with Gasteiger partial charge in [0.1, 0.15) is 0 Å². The molecule has 4 aromatic rings. The minimum atomic E-state index is -4.11. The van der Waals surface area contributed by atoms with Crippen molar-refractivity contribution in [2.45, 2.75) is 4.90 Å². The molecule has 3 aromatic carbocycles. The average molecular weight is 638 g/mol. The largest absolute Gasteiger partial charge is 0.364 e. The number of benzene rings is 3. The number of hydrogen-bond donors (Lipinski definition) is 1. The van der Waals surface area contributed by atoms with Crippen molar-refractivity contribution in [2.75, 3.05) is 48.6 Å². The van der Waals surface area contributed by atoms with E-state index < -0.39 is 10.0 Å². The van der Waals surface area contributed by atoms with Crippen LogP contribution in [-0.4, -0.2) is 68.5 Å². The van der Waals surface area contributed by atoms with Crippen LogP contribution in [0.1, 0.15) is 10.4 Å². The Bertz CT molecular complexity index is 1530. The Morgan fingerprint density at radius 3 is 2.20 bits per heavy atom. The summed E-state index contributed by atoms with van der Waals surface area (Å²) in [5, 5.41) is 2.93. The zero-order valence-electron chi connectivity index (χ0n) is 22.1. The van der Waals surface area contributed by atoms with E-state index in [0.29, 0.717) is 30.1 Å². The van der Waals surface area contributed by atoms with Crippen molar-refractivity contribution < 1.29 is 18.0 Å². The number of carbonyl (C=O) groups is 1. The first-order chi connectivity index (χ1) is 19.9. The lowest BCUT2D eigenvalue weighted by Crippen LogP contribution is -2.49. The zero-order chi connectivity index (χ0) is 28.7. The van der Waals surface area contributed by atoms with Crippen LogP contribution in [0.2, 0.25) is 0 Å². The van der Waals surface area contributed by atoms with Crippen LogP contribution in [0, 0.1) is 0 Å². The van der Waals surface area contributed by atoms with Crippen LogP contribution in [0.4, 0.5) is 11.6 Å². The summed E-state index contributed by atoms with van der Waals surface area (Å²) in [6.45, 7) is 4.52. The van der Waals surface area contributed by atoms with Crippen molar-refractivity contribution in [2.24, 2.45) is 0 Å². The number of carbonyl (C=O) groups excluding carboxylic acids is 1. The van der Waals surface area contributed by atoms with E-state index in [1.807, 2.05) is 0 Å². The predicted molar refractivity (Wildman–Crippen MR) is 160 cm³/mol. The highest BCUT2D eigenvalue weighted by Crippen LogP contribution is 2.27. The summed E-state index contributed by atoms with van der Waals surface area (Å²) in [4.78, 5) is 31.6. The Labute approximate surface area is 247 Å². The Morgan fingerprint density at radius 1 is 0.878 bits per heavy atom. The summed E-state index contributed by atoms with van der Waals surface area (Å²) >= 11 is 3.37. The molecule has 1 aliphatic rings. The van der Waals surface area contributed by atoms with Crippen LogP contribution in [-0.2, 0) is 10.0 Å². The molecule has 0 saturated carbocycles. The molecule has 1 aliphatic heterocycles. The predicted octanol–water partition coefficient (Wildman–Crippen LogP) is 3.98. The molecule has 0 atom stereocenters. The third-order valence-electron chi connectivity index (χ3n) is 6.52. The number of sulfonamides is 1. The molecule has 10 nitrogen and oxygen atoms in total. The monoisotopic (exact) mass is 636 g/mol. The Morgan fingerprint density at radius 2 is 1.54 bits per heavy atom. The van der Waals surface area contributed by atoms with Gasteiger partial charge in [-0.1, -0.05) is 38.6 Å². The summed E-state index contributed by atoms with van der Waals surface area (Å²) < 4.78 is 29.0. The summed E-state index contributed by atoms with van der Waals surface area (Å²) in [5.74, 6) is 0.820. The molecule has 1 fully saturated rings. The molecule has 1 saturated heterocycles. The number of para-hydroxylation sites is 1. The molecule has 12 heteroatoms. The second-order valence-corrected chi connectivity index (χ2v) is 11.9. The van der Waals surface area contributed by atoms with Gasteiger partial charge in [0.25, 0.3) is 15.9 Å². The number of nitrogens with zero attached hydrogens (tertiary/aromatic N) is 5. The molecule has 5 rings (SSSR count). The summed E-state index contributed by atoms with van der Waals surface area (Å²) in [6, 6.07) is 23.0. The fraction of sp³-hybridized carbons (Fsp3) is 0.207. The van der Waals surface area contributed by atoms with Gasteiger partial charge in [-0.3, -0.25) is 9.69 Å². The normalized spacial score (nSPS) is 13.9. The van der Waals surface area contributed by atoms with Gasteiger partial charge in [0, 0.05) is 61.7 Å². The van der Waals surface area contributed by atoms with Crippen LogP contribution in [0.15, 0.2) is 107 Å². The molecule has 1 N–H and O–H groups in total. The van der Waals surface area contributed by atoms with Crippen molar-refractivity contribution in [3.63, 3.8) is 0 Å². The van der Waals surface area contributed by atoms with Crippen molar-refractivity contribution >= 4 is 43.5 Å². The van der Waals surface area contributed by atoms with Gasteiger partial charge in [-0.25, -0.2) is 9.97 Å². The molecule has 1 aromatic heterocycles. The van der Waals surface area contributed by atoms with E-state index in [-0.39, 0.29) is 10.8 Å². The van der Waals surface area contributed by atoms with E-state index in [1.165, 1.54) is 24.3 Å². The number of piperazine rings is 1. The highest BCUT2D eigenvalue weighted by Gasteiger charge is 2.28. The fourth-order valence-electron chi connectivity index (χ4n) is 4.31. The number of anilines is 2. The molecule has 41 heavy (non-hydrogen) atoms. The third-order valence-corrected chi connectivity index (χ3v) is 8.64. The third kappa shape index (κ3) is 7.20. The van der Waals surface area contributed by atoms with E-state index >= 15 is 0 Å². The topological polar surface area (TPSA) is 108 Å². The first kappa shape index (κ1) is 28.5. The molecule has 1 amide bonds. The van der Waals surface area contributed by atoms with E-state index in [2.05, 4.69) is 41.0 Å². The Balaban J connectivity index is 1.18. The fourth-order valence-corrected chi connectivity index (χ4v) is 5.83. The Kier molecular flexibility index (Phi) is 9.12. The zero-order valence-corrected chi connectivity index (χ0v) is 24.5. The SMILES string of the molecule is O=C(NCCN1CCN(c2ncccn2)CC1)c1ccc(S(=O)(=O)N(Oc2ccc(Br)cc2)c2ccccc2)cc1. The van der Waals surface area contributed by atoms with Crippen molar-refractivity contribution in [1.29, 1.82) is 0 Å². The number of aromatic nitrogens is 2. The molecule has 0 aliphatic carbocycles. The molecule has 2 heterocycles. The Hall–Kier alpha value is -4.00. The minimum absolute atomic E-state index is 0.00437. The first-order valence-electron chi connectivity index (χ1n) is 13.1. The molecule has 0 spiro atoms. The second kappa shape index (κ2) is 13.1. The van der Waals surface area contributed by atoms with Crippen LogP contribution in [0.25, 0.3) is 0 Å². The maximum absolute atomic E-state index is 13.6. The van der Waals surface area contributed by atoms with Gasteiger partial charge in [0.05, 0.1) is 10.6 Å². The van der Waals surface area contributed by atoms with Crippen LogP contribution in [0.5, 0.6) is 5.75 Å². The highest BCUT2D eigenvalue weighted by molar-refractivity contribution is 9.10. The molecule has 0 radical (unpaired) electrons. The van der Waals surface area contributed by atoms with Gasteiger partial charge in [0.2, 0.25) is 5.95 Å². The first-order valence-corrected chi connectivity index (χ1v) is 15.3. The van der Waals surface area contributed by atoms with Gasteiger partial charge < -0.3 is 15.1 Å². The van der Waals surface area contributed by atoms with Crippen LogP contribution in [0.3, 0.4) is 0 Å². The standard InChI is InChI=1S/C29H29BrN6O4S/c30-24-9-11-26(12-10-24)40-36(25-5-2-1-3-6-25)41(38,39)27-13-7-23(8-14-27)28(37)31-17-18-34-19-21-35(22-20-34)29-32-15-4-16-33-29/h1-16H,17-22H2,(H,31,37). The second-order valence-electron chi connectivity index (χ2n) is 9.27. The molecular weight excluding hydrogens is 608 g/mol. The van der Waals surface area contributed by atoms with E-state index in [0.717, 1.165) is 41.1 Å². The van der Waals surface area contributed by atoms with Gasteiger partial charge >= 0.3 is 0 Å². The van der Waals surface area contributed by atoms with E-state index in [4.69, 9.17) is 4.84 Å². The molecular formula is C29H29BrN6O4S. The lowest BCUT2D eigenvalue weighted by molar-refractivity contribution is 0.0947. The minimum Gasteiger partial charge on any atom is -0.364 e. The van der Waals surface area contributed by atoms with Gasteiger partial charge in [-0.15, -0.1) is 0 Å². The maximum atomic E-state index is 13.6. The van der Waals surface area contributed by atoms with E-state index in [9.17, 15) is 13.2 Å². The summed E-state index contributed by atoms with van der Waals surface area (Å²) in [5.41, 5.74) is 0.712. The summed E-state index contributed by atoms with van der Waals surface area (Å²) in [7, 11) is -4.11. The molecule has 212 valence electrons. The number of amides is 1. The van der Waals surface area contributed by atoms with Crippen molar-refractivity contribution in [3.05, 3.63) is 107 Å². The molecule has 0 bridgehead atoms.